The molecule has 184 valence electrons. The lowest BCUT2D eigenvalue weighted by atomic mass is 10.0. The van der Waals surface area contributed by atoms with Crippen molar-refractivity contribution in [3.8, 4) is 0 Å². The average Bonchev–Trinajstić information content (AvgIpc) is 2.99. The molecule has 0 aromatic rings. The molecule has 2 atom stereocenters. The van der Waals surface area contributed by atoms with E-state index < -0.39 is 23.5 Å². The number of amides is 1. The molecule has 1 amide bonds. The maximum atomic E-state index is 12.7. The Morgan fingerprint density at radius 2 is 1.42 bits per heavy atom. The second-order valence-electron chi connectivity index (χ2n) is 10.8. The van der Waals surface area contributed by atoms with E-state index in [9.17, 15) is 9.90 Å². The summed E-state index contributed by atoms with van der Waals surface area (Å²) in [6.45, 7) is 11.9. The van der Waals surface area contributed by atoms with Gasteiger partial charge in [0.25, 0.3) is 0 Å². The first-order valence-electron chi connectivity index (χ1n) is 12.9. The summed E-state index contributed by atoms with van der Waals surface area (Å²) in [6, 6.07) is -0.345. The highest BCUT2D eigenvalue weighted by molar-refractivity contribution is 5.69. The summed E-state index contributed by atoms with van der Waals surface area (Å²) >= 11 is 0. The van der Waals surface area contributed by atoms with E-state index in [-0.39, 0.29) is 6.04 Å². The SMILES string of the molecule is CCCCCCCCCCCCCCC[C@@H](O)C1COC(C)(C)N1C(=O)OC(C)(C)C. The van der Waals surface area contributed by atoms with Crippen LogP contribution in [0, 0.1) is 0 Å². The molecule has 1 saturated heterocycles. The van der Waals surface area contributed by atoms with Crippen LogP contribution in [0.15, 0.2) is 0 Å². The second kappa shape index (κ2) is 14.4. The van der Waals surface area contributed by atoms with Gasteiger partial charge in [0.15, 0.2) is 0 Å². The number of hydrogen-bond donors (Lipinski definition) is 1. The molecule has 0 radical (unpaired) electrons. The van der Waals surface area contributed by atoms with E-state index in [1.165, 1.54) is 70.6 Å². The highest BCUT2D eigenvalue weighted by Gasteiger charge is 2.48. The molecule has 0 aliphatic carbocycles. The lowest BCUT2D eigenvalue weighted by Crippen LogP contribution is -2.53. The maximum absolute atomic E-state index is 12.7. The predicted octanol–water partition coefficient (Wildman–Crippen LogP) is 7.20. The van der Waals surface area contributed by atoms with Crippen LogP contribution in [0.1, 0.15) is 131 Å². The Morgan fingerprint density at radius 3 is 1.87 bits per heavy atom. The number of nitrogens with zero attached hydrogens (tertiary/aromatic N) is 1. The fourth-order valence-electron chi connectivity index (χ4n) is 4.35. The number of rotatable bonds is 15. The minimum Gasteiger partial charge on any atom is -0.444 e. The minimum atomic E-state index is -0.760. The number of carbonyl (C=O) groups excluding carboxylic acids is 1. The first kappa shape index (κ1) is 28.2. The normalized spacial score (nSPS) is 19.6. The van der Waals surface area contributed by atoms with E-state index in [0.717, 1.165) is 12.8 Å². The molecule has 1 heterocycles. The van der Waals surface area contributed by atoms with Gasteiger partial charge in [-0.05, 0) is 41.0 Å². The average molecular weight is 442 g/mol. The van der Waals surface area contributed by atoms with Gasteiger partial charge >= 0.3 is 6.09 Å². The topological polar surface area (TPSA) is 59.0 Å². The van der Waals surface area contributed by atoms with Crippen molar-refractivity contribution < 1.29 is 19.4 Å². The predicted molar refractivity (Wildman–Crippen MR) is 128 cm³/mol. The van der Waals surface area contributed by atoms with Crippen molar-refractivity contribution in [2.75, 3.05) is 6.61 Å². The summed E-state index contributed by atoms with van der Waals surface area (Å²) in [5.41, 5.74) is -1.33. The zero-order chi connectivity index (χ0) is 23.3. The molecule has 0 saturated carbocycles. The van der Waals surface area contributed by atoms with E-state index in [4.69, 9.17) is 9.47 Å². The molecule has 1 rings (SSSR count). The van der Waals surface area contributed by atoms with E-state index in [2.05, 4.69) is 6.92 Å². The van der Waals surface area contributed by atoms with Gasteiger partial charge in [-0.25, -0.2) is 4.79 Å². The van der Waals surface area contributed by atoms with Crippen molar-refractivity contribution in [2.24, 2.45) is 0 Å². The van der Waals surface area contributed by atoms with Crippen LogP contribution in [0.3, 0.4) is 0 Å². The van der Waals surface area contributed by atoms with Crippen molar-refractivity contribution in [1.82, 2.24) is 4.90 Å². The number of unbranched alkanes of at least 4 members (excludes halogenated alkanes) is 12. The Hall–Kier alpha value is -0.810. The van der Waals surface area contributed by atoms with Crippen LogP contribution in [-0.2, 0) is 9.47 Å². The molecule has 1 aliphatic heterocycles. The van der Waals surface area contributed by atoms with Crippen molar-refractivity contribution in [1.29, 1.82) is 0 Å². The third-order valence-corrected chi connectivity index (χ3v) is 6.16. The van der Waals surface area contributed by atoms with Crippen LogP contribution in [0.25, 0.3) is 0 Å². The number of ether oxygens (including phenoxy) is 2. The monoisotopic (exact) mass is 441 g/mol. The van der Waals surface area contributed by atoms with E-state index in [1.807, 2.05) is 34.6 Å². The summed E-state index contributed by atoms with van der Waals surface area (Å²) in [6.07, 6.45) is 16.7. The van der Waals surface area contributed by atoms with Crippen LogP contribution < -0.4 is 0 Å². The Kier molecular flexibility index (Phi) is 13.1. The Labute approximate surface area is 192 Å². The molecular weight excluding hydrogens is 390 g/mol. The van der Waals surface area contributed by atoms with Crippen LogP contribution in [0.4, 0.5) is 4.79 Å². The third kappa shape index (κ3) is 11.6. The fraction of sp³-hybridized carbons (Fsp3) is 0.962. The lowest BCUT2D eigenvalue weighted by Gasteiger charge is -2.36. The van der Waals surface area contributed by atoms with Crippen LogP contribution in [0.5, 0.6) is 0 Å². The number of aliphatic hydroxyl groups is 1. The second-order valence-corrected chi connectivity index (χ2v) is 10.8. The molecule has 0 aromatic heterocycles. The first-order chi connectivity index (χ1) is 14.6. The summed E-state index contributed by atoms with van der Waals surface area (Å²) < 4.78 is 11.4. The number of aliphatic hydroxyl groups excluding tert-OH is 1. The third-order valence-electron chi connectivity index (χ3n) is 6.16. The molecule has 5 nitrogen and oxygen atoms in total. The molecule has 1 aliphatic rings. The van der Waals surface area contributed by atoms with Crippen LogP contribution >= 0.6 is 0 Å². The van der Waals surface area contributed by atoms with Crippen molar-refractivity contribution in [3.63, 3.8) is 0 Å². The quantitative estimate of drug-likeness (QED) is 0.273. The summed E-state index contributed by atoms with van der Waals surface area (Å²) in [7, 11) is 0. The highest BCUT2D eigenvalue weighted by Crippen LogP contribution is 2.32. The molecule has 31 heavy (non-hydrogen) atoms. The van der Waals surface area contributed by atoms with E-state index in [0.29, 0.717) is 13.0 Å². The molecule has 1 N–H and O–H groups in total. The molecular formula is C26H51NO4. The standard InChI is InChI=1S/C26H51NO4/c1-7-8-9-10-11-12-13-14-15-16-17-18-19-20-23(28)22-21-30-26(5,6)27(22)24(29)31-25(2,3)4/h22-23,28H,7-21H2,1-6H3/t22?,23-/m1/s1. The van der Waals surface area contributed by atoms with Gasteiger partial charge in [-0.1, -0.05) is 90.4 Å². The summed E-state index contributed by atoms with van der Waals surface area (Å²) in [4.78, 5) is 14.3. The van der Waals surface area contributed by atoms with E-state index >= 15 is 0 Å². The number of carbonyl (C=O) groups is 1. The van der Waals surface area contributed by atoms with Gasteiger partial charge in [-0.3, -0.25) is 4.90 Å². The maximum Gasteiger partial charge on any atom is 0.412 e. The smallest absolute Gasteiger partial charge is 0.412 e. The zero-order valence-electron chi connectivity index (χ0n) is 21.4. The van der Waals surface area contributed by atoms with Gasteiger partial charge in [0, 0.05) is 0 Å². The highest BCUT2D eigenvalue weighted by atomic mass is 16.6. The van der Waals surface area contributed by atoms with Gasteiger partial charge in [0.05, 0.1) is 18.8 Å². The molecule has 0 aromatic carbocycles. The Balaban J connectivity index is 2.18. The molecule has 0 bridgehead atoms. The van der Waals surface area contributed by atoms with Gasteiger partial charge < -0.3 is 14.6 Å². The summed E-state index contributed by atoms with van der Waals surface area (Å²) in [5.74, 6) is 0. The minimum absolute atomic E-state index is 0.345. The van der Waals surface area contributed by atoms with Crippen LogP contribution in [0.2, 0.25) is 0 Å². The zero-order valence-corrected chi connectivity index (χ0v) is 21.4. The molecule has 5 heteroatoms. The molecule has 1 unspecified atom stereocenters. The van der Waals surface area contributed by atoms with Gasteiger partial charge in [-0.15, -0.1) is 0 Å². The van der Waals surface area contributed by atoms with Crippen molar-refractivity contribution >= 4 is 6.09 Å². The van der Waals surface area contributed by atoms with Gasteiger partial charge in [0.2, 0.25) is 0 Å². The lowest BCUT2D eigenvalue weighted by molar-refractivity contribution is -0.0681. The fourth-order valence-corrected chi connectivity index (χ4v) is 4.35. The first-order valence-corrected chi connectivity index (χ1v) is 12.9. The number of hydrogen-bond acceptors (Lipinski definition) is 4. The Bertz CT molecular complexity index is 486. The molecule has 1 fully saturated rings. The van der Waals surface area contributed by atoms with Crippen molar-refractivity contribution in [2.45, 2.75) is 155 Å². The van der Waals surface area contributed by atoms with E-state index in [1.54, 1.807) is 4.90 Å². The Morgan fingerprint density at radius 1 is 0.968 bits per heavy atom. The van der Waals surface area contributed by atoms with Gasteiger partial charge in [-0.2, -0.15) is 0 Å². The van der Waals surface area contributed by atoms with Crippen LogP contribution in [-0.4, -0.2) is 46.2 Å². The van der Waals surface area contributed by atoms with Crippen molar-refractivity contribution in [3.05, 3.63) is 0 Å². The summed E-state index contributed by atoms with van der Waals surface area (Å²) in [5, 5.41) is 10.7. The largest absolute Gasteiger partial charge is 0.444 e. The van der Waals surface area contributed by atoms with Gasteiger partial charge in [0.1, 0.15) is 11.3 Å². The molecule has 0 spiro atoms.